The molecule has 11 nitrogen and oxygen atoms in total. The number of amides is 3. The van der Waals surface area contributed by atoms with Gasteiger partial charge in [0.2, 0.25) is 17.7 Å². The van der Waals surface area contributed by atoms with E-state index in [0.29, 0.717) is 24.0 Å². The van der Waals surface area contributed by atoms with E-state index in [1.165, 1.54) is 24.3 Å². The van der Waals surface area contributed by atoms with E-state index in [-0.39, 0.29) is 42.2 Å². The summed E-state index contributed by atoms with van der Waals surface area (Å²) in [4.78, 5) is 51.6. The highest BCUT2D eigenvalue weighted by molar-refractivity contribution is 5.94. The van der Waals surface area contributed by atoms with Crippen LogP contribution in [0, 0.1) is 5.92 Å². The second kappa shape index (κ2) is 14.3. The largest absolute Gasteiger partial charge is 0.508 e. The summed E-state index contributed by atoms with van der Waals surface area (Å²) < 4.78 is 0. The monoisotopic (exact) mass is 554 g/mol. The minimum Gasteiger partial charge on any atom is -0.508 e. The van der Waals surface area contributed by atoms with Gasteiger partial charge in [0.1, 0.15) is 29.6 Å². The molecule has 1 heterocycles. The maximum absolute atomic E-state index is 13.4. The van der Waals surface area contributed by atoms with Gasteiger partial charge in [-0.05, 0) is 67.1 Å². The summed E-state index contributed by atoms with van der Waals surface area (Å²) in [5, 5.41) is 40.1. The van der Waals surface area contributed by atoms with Crippen molar-refractivity contribution in [3.8, 4) is 11.5 Å². The molecule has 0 saturated carbocycles. The van der Waals surface area contributed by atoms with Crippen LogP contribution >= 0.6 is 0 Å². The highest BCUT2D eigenvalue weighted by Crippen LogP contribution is 2.15. The van der Waals surface area contributed by atoms with Crippen molar-refractivity contribution < 1.29 is 34.5 Å². The lowest BCUT2D eigenvalue weighted by molar-refractivity contribution is -0.142. The normalized spacial score (nSPS) is 17.0. The summed E-state index contributed by atoms with van der Waals surface area (Å²) in [5.41, 5.74) is 1.22. The lowest BCUT2D eigenvalue weighted by Crippen LogP contribution is -2.58. The standard InChI is InChI=1S/C29H38N4O7/c1-17(2)14-23(31-26(36)22-4-3-13-30-22)27(37)32-24(15-18-5-9-20(34)10-6-18)28(38)33-25(29(39)40)16-19-7-11-21(35)12-8-19/h5-12,17,22-25,30,34-35H,3-4,13-16H2,1-2H3,(H,31,36)(H,32,37)(H,33,38)(H,39,40). The fourth-order valence-corrected chi connectivity index (χ4v) is 4.57. The molecule has 1 aliphatic rings. The van der Waals surface area contributed by atoms with Crippen molar-refractivity contribution >= 4 is 23.7 Å². The van der Waals surface area contributed by atoms with Crippen LogP contribution < -0.4 is 21.3 Å². The van der Waals surface area contributed by atoms with E-state index < -0.39 is 35.9 Å². The molecule has 3 rings (SSSR count). The van der Waals surface area contributed by atoms with Crippen LogP contribution in [0.5, 0.6) is 11.5 Å². The molecule has 1 aliphatic heterocycles. The van der Waals surface area contributed by atoms with Gasteiger partial charge in [-0.3, -0.25) is 14.4 Å². The Hall–Kier alpha value is -4.12. The Kier molecular flexibility index (Phi) is 10.9. The summed E-state index contributed by atoms with van der Waals surface area (Å²) in [7, 11) is 0. The molecule has 216 valence electrons. The van der Waals surface area contributed by atoms with Crippen LogP contribution in [-0.4, -0.2) is 69.7 Å². The zero-order chi connectivity index (χ0) is 29.2. The molecular formula is C29H38N4O7. The Balaban J connectivity index is 1.78. The number of carboxylic acids is 1. The van der Waals surface area contributed by atoms with Gasteiger partial charge in [-0.2, -0.15) is 0 Å². The lowest BCUT2D eigenvalue weighted by Gasteiger charge is -2.26. The maximum atomic E-state index is 13.4. The van der Waals surface area contributed by atoms with Crippen LogP contribution in [0.4, 0.5) is 0 Å². The first-order valence-electron chi connectivity index (χ1n) is 13.4. The minimum absolute atomic E-state index is 0.0237. The van der Waals surface area contributed by atoms with Crippen molar-refractivity contribution in [1.29, 1.82) is 0 Å². The number of phenolic OH excluding ortho intramolecular Hbond substituents is 2. The number of carbonyl (C=O) groups excluding carboxylic acids is 3. The molecule has 0 radical (unpaired) electrons. The molecule has 1 saturated heterocycles. The quantitative estimate of drug-likeness (QED) is 0.193. The van der Waals surface area contributed by atoms with Crippen LogP contribution in [0.3, 0.4) is 0 Å². The van der Waals surface area contributed by atoms with Gasteiger partial charge in [-0.1, -0.05) is 38.1 Å². The first-order valence-corrected chi connectivity index (χ1v) is 13.4. The van der Waals surface area contributed by atoms with Crippen LogP contribution in [0.15, 0.2) is 48.5 Å². The van der Waals surface area contributed by atoms with Gasteiger partial charge < -0.3 is 36.6 Å². The second-order valence-electron chi connectivity index (χ2n) is 10.5. The molecule has 1 fully saturated rings. The number of rotatable bonds is 13. The Morgan fingerprint density at radius 3 is 1.77 bits per heavy atom. The Morgan fingerprint density at radius 2 is 1.30 bits per heavy atom. The van der Waals surface area contributed by atoms with Crippen molar-refractivity contribution in [2.45, 2.75) is 70.1 Å². The molecule has 2 aromatic carbocycles. The molecule has 4 atom stereocenters. The summed E-state index contributed by atoms with van der Waals surface area (Å²) in [5.74, 6) is -2.66. The van der Waals surface area contributed by atoms with Crippen molar-refractivity contribution in [1.82, 2.24) is 21.3 Å². The lowest BCUT2D eigenvalue weighted by atomic mass is 10.00. The zero-order valence-electron chi connectivity index (χ0n) is 22.7. The smallest absolute Gasteiger partial charge is 0.326 e. The van der Waals surface area contributed by atoms with E-state index in [1.807, 2.05) is 13.8 Å². The molecule has 0 bridgehead atoms. The number of aromatic hydroxyl groups is 2. The number of hydrogen-bond acceptors (Lipinski definition) is 7. The zero-order valence-corrected chi connectivity index (χ0v) is 22.7. The molecule has 3 amide bonds. The van der Waals surface area contributed by atoms with E-state index in [0.717, 1.165) is 13.0 Å². The fourth-order valence-electron chi connectivity index (χ4n) is 4.57. The molecule has 40 heavy (non-hydrogen) atoms. The molecule has 0 aliphatic carbocycles. The highest BCUT2D eigenvalue weighted by atomic mass is 16.4. The SMILES string of the molecule is CC(C)CC(NC(=O)C1CCCN1)C(=O)NC(Cc1ccc(O)cc1)C(=O)NC(Cc1ccc(O)cc1)C(=O)O. The number of nitrogens with one attached hydrogen (secondary N) is 4. The highest BCUT2D eigenvalue weighted by Gasteiger charge is 2.32. The number of hydrogen-bond donors (Lipinski definition) is 7. The molecule has 2 aromatic rings. The number of aliphatic carboxylic acids is 1. The Labute approximate surface area is 233 Å². The molecule has 0 spiro atoms. The Bertz CT molecular complexity index is 1160. The topological polar surface area (TPSA) is 177 Å². The van der Waals surface area contributed by atoms with Crippen LogP contribution in [-0.2, 0) is 32.0 Å². The number of carboxylic acid groups (broad SMARTS) is 1. The number of carbonyl (C=O) groups is 4. The molecule has 0 aromatic heterocycles. The van der Waals surface area contributed by atoms with Gasteiger partial charge in [0, 0.05) is 12.8 Å². The van der Waals surface area contributed by atoms with E-state index in [2.05, 4.69) is 21.3 Å². The third-order valence-corrected chi connectivity index (χ3v) is 6.72. The number of phenols is 2. The summed E-state index contributed by atoms with van der Waals surface area (Å²) in [6.07, 6.45) is 1.86. The predicted octanol–water partition coefficient (Wildman–Crippen LogP) is 1.22. The average molecular weight is 555 g/mol. The third-order valence-electron chi connectivity index (χ3n) is 6.72. The first kappa shape index (κ1) is 30.4. The van der Waals surface area contributed by atoms with Crippen LogP contribution in [0.2, 0.25) is 0 Å². The van der Waals surface area contributed by atoms with Gasteiger partial charge in [0.05, 0.1) is 6.04 Å². The van der Waals surface area contributed by atoms with Crippen LogP contribution in [0.25, 0.3) is 0 Å². The summed E-state index contributed by atoms with van der Waals surface area (Å²) in [6.45, 7) is 4.56. The van der Waals surface area contributed by atoms with Gasteiger partial charge in [-0.15, -0.1) is 0 Å². The minimum atomic E-state index is -1.30. The van der Waals surface area contributed by atoms with Crippen molar-refractivity contribution in [2.75, 3.05) is 6.54 Å². The molecule has 7 N–H and O–H groups in total. The van der Waals surface area contributed by atoms with E-state index >= 15 is 0 Å². The summed E-state index contributed by atoms with van der Waals surface area (Å²) >= 11 is 0. The van der Waals surface area contributed by atoms with Gasteiger partial charge >= 0.3 is 5.97 Å². The predicted molar refractivity (Wildman–Crippen MR) is 148 cm³/mol. The fraction of sp³-hybridized carbons (Fsp3) is 0.448. The van der Waals surface area contributed by atoms with Gasteiger partial charge in [-0.25, -0.2) is 4.79 Å². The maximum Gasteiger partial charge on any atom is 0.326 e. The third kappa shape index (κ3) is 9.26. The van der Waals surface area contributed by atoms with E-state index in [9.17, 15) is 34.5 Å². The van der Waals surface area contributed by atoms with Gasteiger partial charge in [0.15, 0.2) is 0 Å². The van der Waals surface area contributed by atoms with Crippen molar-refractivity contribution in [2.24, 2.45) is 5.92 Å². The van der Waals surface area contributed by atoms with Crippen molar-refractivity contribution in [3.05, 3.63) is 59.7 Å². The average Bonchev–Trinajstić information content (AvgIpc) is 3.45. The first-order chi connectivity index (χ1) is 19.0. The second-order valence-corrected chi connectivity index (χ2v) is 10.5. The molecule has 11 heteroatoms. The number of benzene rings is 2. The van der Waals surface area contributed by atoms with E-state index in [1.54, 1.807) is 24.3 Å². The summed E-state index contributed by atoms with van der Waals surface area (Å²) in [6, 6.07) is 8.36. The van der Waals surface area contributed by atoms with Crippen LogP contribution in [0.1, 0.15) is 44.2 Å². The van der Waals surface area contributed by atoms with Crippen molar-refractivity contribution in [3.63, 3.8) is 0 Å². The van der Waals surface area contributed by atoms with Gasteiger partial charge in [0.25, 0.3) is 0 Å². The molecule has 4 unspecified atom stereocenters. The van der Waals surface area contributed by atoms with E-state index in [4.69, 9.17) is 0 Å². The Morgan fingerprint density at radius 1 is 0.800 bits per heavy atom. The molecular weight excluding hydrogens is 516 g/mol.